The average molecular weight is 315 g/mol. The first kappa shape index (κ1) is 16.7. The van der Waals surface area contributed by atoms with Gasteiger partial charge in [-0.3, -0.25) is 14.3 Å². The monoisotopic (exact) mass is 315 g/mol. The van der Waals surface area contributed by atoms with Crippen LogP contribution in [0.2, 0.25) is 0 Å². The number of amides is 1. The highest BCUT2D eigenvalue weighted by Gasteiger charge is 2.21. The molecule has 0 saturated carbocycles. The van der Waals surface area contributed by atoms with Gasteiger partial charge >= 0.3 is 5.97 Å². The van der Waals surface area contributed by atoms with Crippen molar-refractivity contribution in [3.05, 3.63) is 47.3 Å². The molecular weight excluding hydrogens is 294 g/mol. The zero-order valence-corrected chi connectivity index (χ0v) is 13.8. The summed E-state index contributed by atoms with van der Waals surface area (Å²) in [6.45, 7) is 7.91. The van der Waals surface area contributed by atoms with E-state index in [2.05, 4.69) is 10.4 Å². The van der Waals surface area contributed by atoms with Crippen molar-refractivity contribution >= 4 is 17.6 Å². The zero-order chi connectivity index (χ0) is 17.2. The summed E-state index contributed by atoms with van der Waals surface area (Å²) in [6.07, 6.45) is 1.47. The number of nitrogens with one attached hydrogen (secondary N) is 1. The van der Waals surface area contributed by atoms with Gasteiger partial charge in [-0.2, -0.15) is 5.10 Å². The summed E-state index contributed by atoms with van der Waals surface area (Å²) >= 11 is 0. The maximum Gasteiger partial charge on any atom is 0.307 e. The predicted molar refractivity (Wildman–Crippen MR) is 87.7 cm³/mol. The number of rotatable bonds is 4. The first-order valence-electron chi connectivity index (χ1n) is 7.35. The van der Waals surface area contributed by atoms with Crippen molar-refractivity contribution in [3.63, 3.8) is 0 Å². The lowest BCUT2D eigenvalue weighted by Gasteiger charge is -2.21. The molecule has 6 heteroatoms. The Hall–Kier alpha value is -2.63. The molecule has 0 fully saturated rings. The number of carbonyl (C=O) groups is 2. The van der Waals surface area contributed by atoms with Gasteiger partial charge in [-0.1, -0.05) is 12.1 Å². The van der Waals surface area contributed by atoms with Crippen molar-refractivity contribution < 1.29 is 14.7 Å². The third-order valence-corrected chi connectivity index (χ3v) is 3.43. The number of nitrogens with zero attached hydrogens (tertiary/aromatic N) is 2. The molecule has 1 heterocycles. The van der Waals surface area contributed by atoms with Crippen molar-refractivity contribution in [3.8, 4) is 0 Å². The highest BCUT2D eigenvalue weighted by molar-refractivity contribution is 6.04. The molecule has 0 bridgehead atoms. The minimum absolute atomic E-state index is 0.0787. The standard InChI is InChI=1S/C17H21N3O3/c1-11-14(10-18-20(11)17(2,3)4)16(23)19-13-7-5-6-12(8-13)9-15(21)22/h5-8,10H,9H2,1-4H3,(H,19,23)(H,21,22). The zero-order valence-electron chi connectivity index (χ0n) is 13.8. The number of hydrogen-bond acceptors (Lipinski definition) is 3. The van der Waals surface area contributed by atoms with Crippen LogP contribution >= 0.6 is 0 Å². The minimum atomic E-state index is -0.907. The topological polar surface area (TPSA) is 84.2 Å². The Morgan fingerprint density at radius 1 is 1.30 bits per heavy atom. The van der Waals surface area contributed by atoms with E-state index in [1.54, 1.807) is 30.5 Å². The van der Waals surface area contributed by atoms with Crippen LogP contribution in [0.1, 0.15) is 42.4 Å². The van der Waals surface area contributed by atoms with Crippen molar-refractivity contribution in [2.45, 2.75) is 39.7 Å². The van der Waals surface area contributed by atoms with Crippen molar-refractivity contribution in [1.82, 2.24) is 9.78 Å². The van der Waals surface area contributed by atoms with Crippen molar-refractivity contribution in [1.29, 1.82) is 0 Å². The molecular formula is C17H21N3O3. The minimum Gasteiger partial charge on any atom is -0.481 e. The first-order valence-corrected chi connectivity index (χ1v) is 7.35. The molecule has 6 nitrogen and oxygen atoms in total. The Balaban J connectivity index is 2.20. The summed E-state index contributed by atoms with van der Waals surface area (Å²) in [5, 5.41) is 15.9. The molecule has 23 heavy (non-hydrogen) atoms. The molecule has 1 aromatic carbocycles. The van der Waals surface area contributed by atoms with Gasteiger partial charge in [0.25, 0.3) is 5.91 Å². The average Bonchev–Trinajstić information content (AvgIpc) is 2.80. The lowest BCUT2D eigenvalue weighted by molar-refractivity contribution is -0.136. The van der Waals surface area contributed by atoms with Gasteiger partial charge in [0, 0.05) is 11.4 Å². The quantitative estimate of drug-likeness (QED) is 0.908. The van der Waals surface area contributed by atoms with Gasteiger partial charge in [-0.25, -0.2) is 0 Å². The van der Waals surface area contributed by atoms with Gasteiger partial charge in [0.15, 0.2) is 0 Å². The molecule has 0 radical (unpaired) electrons. The van der Waals surface area contributed by atoms with Crippen LogP contribution in [-0.4, -0.2) is 26.8 Å². The molecule has 0 saturated heterocycles. The summed E-state index contributed by atoms with van der Waals surface area (Å²) in [4.78, 5) is 23.2. The lowest BCUT2D eigenvalue weighted by Crippen LogP contribution is -2.25. The third kappa shape index (κ3) is 3.97. The summed E-state index contributed by atoms with van der Waals surface area (Å²) in [7, 11) is 0. The largest absolute Gasteiger partial charge is 0.481 e. The van der Waals surface area contributed by atoms with Gasteiger partial charge in [-0.05, 0) is 45.4 Å². The predicted octanol–water partition coefficient (Wildman–Crippen LogP) is 2.83. The van der Waals surface area contributed by atoms with Crippen molar-refractivity contribution in [2.24, 2.45) is 0 Å². The third-order valence-electron chi connectivity index (χ3n) is 3.43. The molecule has 2 aromatic rings. The SMILES string of the molecule is Cc1c(C(=O)Nc2cccc(CC(=O)O)c2)cnn1C(C)(C)C. The molecule has 0 atom stereocenters. The van der Waals surface area contributed by atoms with Crippen molar-refractivity contribution in [2.75, 3.05) is 5.32 Å². The molecule has 0 aliphatic rings. The molecule has 0 aliphatic heterocycles. The molecule has 0 aliphatic carbocycles. The fraction of sp³-hybridized carbons (Fsp3) is 0.353. The molecule has 122 valence electrons. The highest BCUT2D eigenvalue weighted by atomic mass is 16.4. The normalized spacial score (nSPS) is 11.3. The van der Waals surface area contributed by atoms with Crippen LogP contribution in [0.4, 0.5) is 5.69 Å². The maximum atomic E-state index is 12.4. The summed E-state index contributed by atoms with van der Waals surface area (Å²) in [6, 6.07) is 6.83. The Morgan fingerprint density at radius 3 is 2.57 bits per heavy atom. The smallest absolute Gasteiger partial charge is 0.307 e. The number of carboxylic acid groups (broad SMARTS) is 1. The fourth-order valence-corrected chi connectivity index (χ4v) is 2.44. The number of carboxylic acids is 1. The van der Waals surface area contributed by atoms with Crippen LogP contribution in [0.25, 0.3) is 0 Å². The van der Waals surface area contributed by atoms with E-state index >= 15 is 0 Å². The number of carbonyl (C=O) groups excluding carboxylic acids is 1. The second-order valence-corrected chi connectivity index (χ2v) is 6.45. The van der Waals surface area contributed by atoms with E-state index in [1.807, 2.05) is 32.4 Å². The van der Waals surface area contributed by atoms with Crippen LogP contribution in [0, 0.1) is 6.92 Å². The lowest BCUT2D eigenvalue weighted by atomic mass is 10.1. The Labute approximate surface area is 135 Å². The van der Waals surface area contributed by atoms with E-state index < -0.39 is 5.97 Å². The van der Waals surface area contributed by atoms with Crippen LogP contribution in [0.5, 0.6) is 0 Å². The van der Waals surface area contributed by atoms with E-state index in [0.717, 1.165) is 5.69 Å². The second kappa shape index (κ2) is 6.24. The van der Waals surface area contributed by atoms with Gasteiger partial charge in [0.05, 0.1) is 23.7 Å². The van der Waals surface area contributed by atoms with Crippen LogP contribution in [0.3, 0.4) is 0 Å². The molecule has 1 amide bonds. The van der Waals surface area contributed by atoms with Gasteiger partial charge in [-0.15, -0.1) is 0 Å². The highest BCUT2D eigenvalue weighted by Crippen LogP contribution is 2.19. The van der Waals surface area contributed by atoms with E-state index in [0.29, 0.717) is 16.8 Å². The second-order valence-electron chi connectivity index (χ2n) is 6.45. The number of hydrogen-bond donors (Lipinski definition) is 2. The summed E-state index contributed by atoms with van der Waals surface area (Å²) in [5.74, 6) is -1.17. The van der Waals surface area contributed by atoms with E-state index in [1.165, 1.54) is 0 Å². The number of benzene rings is 1. The number of aliphatic carboxylic acids is 1. The van der Waals surface area contributed by atoms with E-state index in [9.17, 15) is 9.59 Å². The van der Waals surface area contributed by atoms with Crippen LogP contribution < -0.4 is 5.32 Å². The van der Waals surface area contributed by atoms with E-state index in [4.69, 9.17) is 5.11 Å². The molecule has 0 spiro atoms. The van der Waals surface area contributed by atoms with Gasteiger partial charge in [0.1, 0.15) is 0 Å². The number of aromatic nitrogens is 2. The summed E-state index contributed by atoms with van der Waals surface area (Å²) < 4.78 is 1.81. The Bertz CT molecular complexity index is 742. The Morgan fingerprint density at radius 2 is 2.00 bits per heavy atom. The van der Waals surface area contributed by atoms with Gasteiger partial charge < -0.3 is 10.4 Å². The van der Waals surface area contributed by atoms with Gasteiger partial charge in [0.2, 0.25) is 0 Å². The first-order chi connectivity index (χ1) is 10.7. The molecule has 2 rings (SSSR count). The fourth-order valence-electron chi connectivity index (χ4n) is 2.44. The summed E-state index contributed by atoms with van der Waals surface area (Å²) in [5.41, 5.74) is 2.29. The number of anilines is 1. The molecule has 0 unspecified atom stereocenters. The molecule has 1 aromatic heterocycles. The van der Waals surface area contributed by atoms with E-state index in [-0.39, 0.29) is 17.9 Å². The molecule has 2 N–H and O–H groups in total. The Kier molecular flexibility index (Phi) is 4.54. The maximum absolute atomic E-state index is 12.4. The van der Waals surface area contributed by atoms with Crippen LogP contribution in [-0.2, 0) is 16.8 Å². The van der Waals surface area contributed by atoms with Crippen LogP contribution in [0.15, 0.2) is 30.5 Å².